The fraction of sp³-hybridized carbons (Fsp3) is 0.478. The second kappa shape index (κ2) is 9.21. The Morgan fingerprint density at radius 2 is 1.10 bits per heavy atom. The quantitative estimate of drug-likeness (QED) is 0.347. The predicted molar refractivity (Wildman–Crippen MR) is 128 cm³/mol. The molecule has 0 spiro atoms. The van der Waals surface area contributed by atoms with Gasteiger partial charge in [0.25, 0.3) is 0 Å². The zero-order valence-corrected chi connectivity index (χ0v) is 19.8. The third-order valence-corrected chi connectivity index (χ3v) is 8.24. The van der Waals surface area contributed by atoms with Crippen molar-refractivity contribution in [2.24, 2.45) is 0 Å². The van der Waals surface area contributed by atoms with Crippen LogP contribution in [0.3, 0.4) is 0 Å². The largest absolute Gasteiger partial charge is 0.398 e. The normalized spacial score (nSPS) is 14.6. The molecule has 0 heterocycles. The van der Waals surface area contributed by atoms with Crippen molar-refractivity contribution in [2.75, 3.05) is 11.5 Å². The molecule has 2 atom stereocenters. The van der Waals surface area contributed by atoms with Crippen LogP contribution in [0, 0.1) is 0 Å². The monoisotopic (exact) mass is 434 g/mol. The van der Waals surface area contributed by atoms with Crippen molar-refractivity contribution in [1.82, 2.24) is 0 Å². The minimum absolute atomic E-state index is 0.0166. The molecule has 160 valence electrons. The van der Waals surface area contributed by atoms with E-state index >= 15 is 0 Å². The third-order valence-electron chi connectivity index (χ3n) is 5.16. The molecular weight excluding hydrogens is 400 g/mol. The highest BCUT2D eigenvalue weighted by Gasteiger charge is 2.25. The van der Waals surface area contributed by atoms with Gasteiger partial charge in [0, 0.05) is 31.7 Å². The van der Waals surface area contributed by atoms with Crippen LogP contribution in [-0.2, 0) is 6.42 Å². The molecule has 0 aliphatic rings. The van der Waals surface area contributed by atoms with Gasteiger partial charge in [-0.25, -0.2) is 0 Å². The number of hydrogen-bond acceptors (Lipinski definition) is 6. The number of benzene rings is 2. The summed E-state index contributed by atoms with van der Waals surface area (Å²) in [5.41, 5.74) is 14.5. The summed E-state index contributed by atoms with van der Waals surface area (Å²) in [4.78, 5) is 1.97. The lowest BCUT2D eigenvalue weighted by molar-refractivity contribution is 0.0818. The number of thioether (sulfide) groups is 2. The molecule has 2 rings (SSSR count). The molecule has 0 aliphatic carbocycles. The van der Waals surface area contributed by atoms with Gasteiger partial charge in [0.1, 0.15) is 0 Å². The fourth-order valence-corrected chi connectivity index (χ4v) is 4.67. The Labute approximate surface area is 183 Å². The summed E-state index contributed by atoms with van der Waals surface area (Å²) >= 11 is 3.18. The van der Waals surface area contributed by atoms with Crippen LogP contribution in [0.5, 0.6) is 0 Å². The van der Waals surface area contributed by atoms with Gasteiger partial charge in [0.05, 0.1) is 11.2 Å². The Kier molecular flexibility index (Phi) is 7.60. The molecule has 0 bridgehead atoms. The Morgan fingerprint density at radius 1 is 0.759 bits per heavy atom. The van der Waals surface area contributed by atoms with E-state index in [9.17, 15) is 10.2 Å². The van der Waals surface area contributed by atoms with Crippen molar-refractivity contribution in [2.45, 2.75) is 79.5 Å². The molecule has 0 saturated heterocycles. The molecule has 2 aromatic carbocycles. The number of nitrogen functional groups attached to an aromatic ring is 2. The minimum atomic E-state index is -0.784. The van der Waals surface area contributed by atoms with Crippen molar-refractivity contribution >= 4 is 34.9 Å². The third kappa shape index (κ3) is 6.85. The van der Waals surface area contributed by atoms with Crippen molar-refractivity contribution in [3.05, 3.63) is 47.5 Å². The minimum Gasteiger partial charge on any atom is -0.398 e. The Bertz CT molecular complexity index is 772. The maximum absolute atomic E-state index is 10.2. The molecule has 0 radical (unpaired) electrons. The van der Waals surface area contributed by atoms with E-state index in [0.717, 1.165) is 38.7 Å². The molecule has 6 heteroatoms. The lowest BCUT2D eigenvalue weighted by Gasteiger charge is -2.26. The van der Waals surface area contributed by atoms with E-state index in [1.54, 1.807) is 23.5 Å². The molecule has 0 amide bonds. The summed E-state index contributed by atoms with van der Waals surface area (Å²) in [6.45, 7) is 11.3. The SMILES string of the molecule is CC(Sc1cc(Cc2ccc(N)c(SC(C)C(C)(C)O)c2)ccc1N)C(C)(C)O. The highest BCUT2D eigenvalue weighted by molar-refractivity contribution is 8.00. The van der Waals surface area contributed by atoms with E-state index in [4.69, 9.17) is 11.5 Å². The van der Waals surface area contributed by atoms with Crippen molar-refractivity contribution in [3.63, 3.8) is 0 Å². The first kappa shape index (κ1) is 23.9. The van der Waals surface area contributed by atoms with Crippen LogP contribution in [0.2, 0.25) is 0 Å². The van der Waals surface area contributed by atoms with Crippen molar-refractivity contribution in [3.8, 4) is 0 Å². The summed E-state index contributed by atoms with van der Waals surface area (Å²) in [6, 6.07) is 12.1. The van der Waals surface area contributed by atoms with Gasteiger partial charge in [0.15, 0.2) is 0 Å². The van der Waals surface area contributed by atoms with Gasteiger partial charge in [0.2, 0.25) is 0 Å². The van der Waals surface area contributed by atoms with E-state index < -0.39 is 11.2 Å². The van der Waals surface area contributed by atoms with Crippen LogP contribution in [0.1, 0.15) is 52.7 Å². The molecule has 0 aromatic heterocycles. The first-order valence-electron chi connectivity index (χ1n) is 9.82. The maximum Gasteiger partial charge on any atom is 0.0710 e. The summed E-state index contributed by atoms with van der Waals surface area (Å²) in [5, 5.41) is 20.5. The molecule has 0 aliphatic heterocycles. The zero-order chi connectivity index (χ0) is 22.0. The van der Waals surface area contributed by atoms with Crippen LogP contribution >= 0.6 is 23.5 Å². The average Bonchev–Trinajstić information content (AvgIpc) is 2.59. The van der Waals surface area contributed by atoms with Crippen LogP contribution in [0.4, 0.5) is 11.4 Å². The molecule has 29 heavy (non-hydrogen) atoms. The molecule has 4 nitrogen and oxygen atoms in total. The van der Waals surface area contributed by atoms with Gasteiger partial charge in [-0.15, -0.1) is 23.5 Å². The lowest BCUT2D eigenvalue weighted by Crippen LogP contribution is -2.30. The van der Waals surface area contributed by atoms with Crippen LogP contribution in [0.25, 0.3) is 0 Å². The lowest BCUT2D eigenvalue weighted by atomic mass is 10.0. The topological polar surface area (TPSA) is 92.5 Å². The van der Waals surface area contributed by atoms with Gasteiger partial charge in [-0.05, 0) is 69.5 Å². The van der Waals surface area contributed by atoms with E-state index in [-0.39, 0.29) is 10.5 Å². The Hall–Kier alpha value is -1.34. The molecule has 2 unspecified atom stereocenters. The number of rotatable bonds is 8. The first-order valence-corrected chi connectivity index (χ1v) is 11.6. The van der Waals surface area contributed by atoms with Crippen LogP contribution in [-0.4, -0.2) is 31.9 Å². The van der Waals surface area contributed by atoms with Crippen LogP contribution in [0.15, 0.2) is 46.2 Å². The number of anilines is 2. The highest BCUT2D eigenvalue weighted by Crippen LogP contribution is 2.36. The van der Waals surface area contributed by atoms with Crippen LogP contribution < -0.4 is 11.5 Å². The number of nitrogens with two attached hydrogens (primary N) is 2. The molecule has 6 N–H and O–H groups in total. The first-order chi connectivity index (χ1) is 13.3. The number of hydrogen-bond donors (Lipinski definition) is 4. The second-order valence-corrected chi connectivity index (χ2v) is 11.5. The molecular formula is C23H34N2O2S2. The average molecular weight is 435 g/mol. The summed E-state index contributed by atoms with van der Waals surface area (Å²) in [6.07, 6.45) is 0.759. The predicted octanol–water partition coefficient (Wildman–Crippen LogP) is 4.94. The van der Waals surface area contributed by atoms with E-state index in [0.29, 0.717) is 0 Å². The summed E-state index contributed by atoms with van der Waals surface area (Å²) in [5.74, 6) is 0. The zero-order valence-electron chi connectivity index (χ0n) is 18.2. The Balaban J connectivity index is 2.22. The molecule has 0 fully saturated rings. The summed E-state index contributed by atoms with van der Waals surface area (Å²) < 4.78 is 0. The Morgan fingerprint density at radius 3 is 1.41 bits per heavy atom. The van der Waals surface area contributed by atoms with E-state index in [1.165, 1.54) is 0 Å². The van der Waals surface area contributed by atoms with Gasteiger partial charge in [-0.1, -0.05) is 26.0 Å². The molecule has 2 aromatic rings. The fourth-order valence-electron chi connectivity index (χ4n) is 2.49. The molecule has 0 saturated carbocycles. The van der Waals surface area contributed by atoms with Gasteiger partial charge < -0.3 is 21.7 Å². The van der Waals surface area contributed by atoms with Gasteiger partial charge >= 0.3 is 0 Å². The van der Waals surface area contributed by atoms with E-state index in [1.807, 2.05) is 65.8 Å². The maximum atomic E-state index is 10.2. The highest BCUT2D eigenvalue weighted by atomic mass is 32.2. The van der Waals surface area contributed by atoms with Crippen molar-refractivity contribution < 1.29 is 10.2 Å². The van der Waals surface area contributed by atoms with Gasteiger partial charge in [-0.2, -0.15) is 0 Å². The summed E-state index contributed by atoms with van der Waals surface area (Å²) in [7, 11) is 0. The van der Waals surface area contributed by atoms with Crippen molar-refractivity contribution in [1.29, 1.82) is 0 Å². The van der Waals surface area contributed by atoms with E-state index in [2.05, 4.69) is 12.1 Å². The number of aliphatic hydroxyl groups is 2. The standard InChI is InChI=1S/C23H34N2O2S2/c1-14(22(3,4)26)28-20-12-16(7-9-18(20)24)11-17-8-10-19(25)21(13-17)29-15(2)23(5,6)27/h7-10,12-15,26-27H,11,24-25H2,1-6H3. The smallest absolute Gasteiger partial charge is 0.0710 e. The second-order valence-electron chi connectivity index (χ2n) is 8.75. The van der Waals surface area contributed by atoms with Gasteiger partial charge in [-0.3, -0.25) is 0 Å².